The van der Waals surface area contributed by atoms with Crippen LogP contribution in [-0.4, -0.2) is 18.8 Å². The molecule has 0 amide bonds. The third-order valence-electron chi connectivity index (χ3n) is 4.67. The van der Waals surface area contributed by atoms with Gasteiger partial charge in [0.05, 0.1) is 12.8 Å². The van der Waals surface area contributed by atoms with Crippen LogP contribution in [-0.2, 0) is 6.42 Å². The van der Waals surface area contributed by atoms with Gasteiger partial charge in [-0.3, -0.25) is 0 Å². The van der Waals surface area contributed by atoms with Gasteiger partial charge in [-0.05, 0) is 61.6 Å². The molecule has 3 rings (SSSR count). The quantitative estimate of drug-likeness (QED) is 0.486. The van der Waals surface area contributed by atoms with Gasteiger partial charge >= 0.3 is 0 Å². The molecule has 0 bridgehead atoms. The smallest absolute Gasteiger partial charge is 0.190 e. The average molecular weight is 385 g/mol. The number of H-pyrrole nitrogens is 1. The van der Waals surface area contributed by atoms with Crippen molar-refractivity contribution in [1.29, 1.82) is 0 Å². The summed E-state index contributed by atoms with van der Waals surface area (Å²) in [5.74, 6) is 1.65. The van der Waals surface area contributed by atoms with E-state index in [1.807, 2.05) is 44.2 Å². The summed E-state index contributed by atoms with van der Waals surface area (Å²) in [6.07, 6.45) is 1.89. The number of nitrogens with one attached hydrogen (secondary N) is 2. The summed E-state index contributed by atoms with van der Waals surface area (Å²) in [5.41, 5.74) is 6.06. The lowest BCUT2D eigenvalue weighted by Gasteiger charge is -2.16. The molecular weight excluding hydrogens is 360 g/mol. The Balaban J connectivity index is 1.56. The predicted octanol–water partition coefficient (Wildman–Crippen LogP) is 5.75. The number of halogens is 1. The highest BCUT2D eigenvalue weighted by Gasteiger charge is 2.17. The highest BCUT2D eigenvalue weighted by atomic mass is 35.5. The van der Waals surface area contributed by atoms with E-state index in [1.54, 1.807) is 7.11 Å². The first-order valence-corrected chi connectivity index (χ1v) is 9.38. The Hall–Kier alpha value is -2.59. The molecule has 27 heavy (non-hydrogen) atoms. The van der Waals surface area contributed by atoms with Crippen LogP contribution in [0.25, 0.3) is 17.0 Å². The molecular formula is C22H25ClN2O2. The molecule has 0 aliphatic rings. The van der Waals surface area contributed by atoms with Crippen molar-refractivity contribution in [3.8, 4) is 17.1 Å². The number of methoxy groups -OCH3 is 1. The van der Waals surface area contributed by atoms with Crippen LogP contribution in [0.3, 0.4) is 0 Å². The Labute approximate surface area is 165 Å². The van der Waals surface area contributed by atoms with Gasteiger partial charge in [-0.1, -0.05) is 36.4 Å². The summed E-state index contributed by atoms with van der Waals surface area (Å²) in [4.78, 5) is 0. The second-order valence-electron chi connectivity index (χ2n) is 6.65. The minimum Gasteiger partial charge on any atom is -0.496 e. The number of hydrogen-bond donors (Lipinski definition) is 2. The Morgan fingerprint density at radius 2 is 2.04 bits per heavy atom. The molecule has 4 nitrogen and oxygen atoms in total. The van der Waals surface area contributed by atoms with Gasteiger partial charge in [0, 0.05) is 17.1 Å². The topological polar surface area (TPSA) is 50.2 Å². The fourth-order valence-electron chi connectivity index (χ4n) is 3.08. The van der Waals surface area contributed by atoms with Crippen LogP contribution in [0, 0.1) is 13.8 Å². The van der Waals surface area contributed by atoms with Crippen molar-refractivity contribution in [1.82, 2.24) is 10.5 Å². The van der Waals surface area contributed by atoms with Crippen LogP contribution >= 0.6 is 11.6 Å². The molecule has 0 unspecified atom stereocenters. The molecule has 0 saturated carbocycles. The number of rotatable bonds is 8. The number of ether oxygens (including phenoxy) is 1. The highest BCUT2D eigenvalue weighted by Crippen LogP contribution is 2.31. The molecule has 0 spiro atoms. The summed E-state index contributed by atoms with van der Waals surface area (Å²) in [6.45, 7) is 8.97. The lowest BCUT2D eigenvalue weighted by molar-refractivity contribution is 0.365. The molecule has 0 saturated heterocycles. The van der Waals surface area contributed by atoms with E-state index in [9.17, 15) is 0 Å². The van der Waals surface area contributed by atoms with E-state index in [4.69, 9.17) is 20.9 Å². The first-order chi connectivity index (χ1) is 13.0. The second kappa shape index (κ2) is 8.40. The summed E-state index contributed by atoms with van der Waals surface area (Å²) >= 11 is 6.36. The van der Waals surface area contributed by atoms with Gasteiger partial charge in [0.2, 0.25) is 0 Å². The summed E-state index contributed by atoms with van der Waals surface area (Å²) in [7, 11) is 1.67. The van der Waals surface area contributed by atoms with Gasteiger partial charge in [-0.25, -0.2) is 5.16 Å². The second-order valence-corrected chi connectivity index (χ2v) is 7.03. The Morgan fingerprint density at radius 1 is 1.22 bits per heavy atom. The van der Waals surface area contributed by atoms with Gasteiger partial charge in [0.15, 0.2) is 5.76 Å². The van der Waals surface area contributed by atoms with Gasteiger partial charge in [0.25, 0.3) is 0 Å². The van der Waals surface area contributed by atoms with Crippen LogP contribution in [0.15, 0.2) is 47.5 Å². The van der Waals surface area contributed by atoms with E-state index in [0.717, 1.165) is 64.0 Å². The van der Waals surface area contributed by atoms with Crippen molar-refractivity contribution in [2.45, 2.75) is 26.7 Å². The molecule has 5 heteroatoms. The lowest BCUT2D eigenvalue weighted by Crippen LogP contribution is -2.16. The number of hydrogen-bond acceptors (Lipinski definition) is 3. The van der Waals surface area contributed by atoms with Gasteiger partial charge in [0.1, 0.15) is 11.4 Å². The fourth-order valence-corrected chi connectivity index (χ4v) is 3.30. The number of aromatic amines is 1. The number of aryl methyl sites for hydroxylation is 3. The van der Waals surface area contributed by atoms with E-state index in [-0.39, 0.29) is 0 Å². The van der Waals surface area contributed by atoms with Crippen LogP contribution in [0.1, 0.15) is 28.8 Å². The van der Waals surface area contributed by atoms with Gasteiger partial charge in [-0.2, -0.15) is 0 Å². The maximum absolute atomic E-state index is 6.36. The van der Waals surface area contributed by atoms with Crippen LogP contribution in [0.4, 0.5) is 0 Å². The van der Waals surface area contributed by atoms with Gasteiger partial charge in [-0.15, -0.1) is 0 Å². The SMILES string of the molecule is C=C(NCCCc1cccc(C)c1Cl)c1[nH]oc1-c1ccc(OC)c(C)c1. The summed E-state index contributed by atoms with van der Waals surface area (Å²) < 4.78 is 10.8. The third kappa shape index (κ3) is 4.22. The van der Waals surface area contributed by atoms with Gasteiger partial charge < -0.3 is 14.6 Å². The number of aromatic nitrogens is 1. The molecule has 1 aromatic heterocycles. The van der Waals surface area contributed by atoms with Crippen molar-refractivity contribution in [2.24, 2.45) is 0 Å². The first-order valence-electron chi connectivity index (χ1n) is 9.00. The van der Waals surface area contributed by atoms with E-state index < -0.39 is 0 Å². The molecule has 1 heterocycles. The zero-order valence-corrected chi connectivity index (χ0v) is 16.7. The molecule has 142 valence electrons. The molecule has 2 aromatic carbocycles. The van der Waals surface area contributed by atoms with E-state index in [0.29, 0.717) is 0 Å². The molecule has 0 fully saturated rings. The van der Waals surface area contributed by atoms with E-state index in [2.05, 4.69) is 23.1 Å². The lowest BCUT2D eigenvalue weighted by atomic mass is 10.1. The maximum Gasteiger partial charge on any atom is 0.190 e. The normalized spacial score (nSPS) is 10.8. The predicted molar refractivity (Wildman–Crippen MR) is 111 cm³/mol. The van der Waals surface area contributed by atoms with Crippen molar-refractivity contribution in [2.75, 3.05) is 13.7 Å². The zero-order valence-electron chi connectivity index (χ0n) is 16.0. The van der Waals surface area contributed by atoms with Crippen LogP contribution in [0.5, 0.6) is 5.75 Å². The monoisotopic (exact) mass is 384 g/mol. The van der Waals surface area contributed by atoms with Crippen molar-refractivity contribution in [3.63, 3.8) is 0 Å². The standard InChI is InChI=1S/C22H25ClN2O2/c1-14-7-5-8-17(20(14)23)9-6-12-24-16(3)21-22(27-25-21)18-10-11-19(26-4)15(2)13-18/h5,7-8,10-11,13,24-25H,3,6,9,12H2,1-2,4H3. The molecule has 0 atom stereocenters. The minimum absolute atomic E-state index is 0.792. The third-order valence-corrected chi connectivity index (χ3v) is 5.21. The molecule has 0 radical (unpaired) electrons. The first kappa shape index (κ1) is 19.2. The highest BCUT2D eigenvalue weighted by molar-refractivity contribution is 6.32. The fraction of sp³-hybridized carbons (Fsp3) is 0.273. The molecule has 0 aliphatic carbocycles. The molecule has 3 aromatic rings. The van der Waals surface area contributed by atoms with Crippen molar-refractivity contribution < 1.29 is 9.26 Å². The Kier molecular flexibility index (Phi) is 5.97. The summed E-state index contributed by atoms with van der Waals surface area (Å²) in [5, 5.41) is 7.11. The van der Waals surface area contributed by atoms with Crippen molar-refractivity contribution in [3.05, 3.63) is 70.4 Å². The van der Waals surface area contributed by atoms with Crippen LogP contribution in [0.2, 0.25) is 5.02 Å². The Bertz CT molecular complexity index is 940. The number of benzene rings is 2. The zero-order chi connectivity index (χ0) is 19.4. The molecule has 0 aliphatic heterocycles. The Morgan fingerprint density at radius 3 is 2.70 bits per heavy atom. The van der Waals surface area contributed by atoms with E-state index in [1.165, 1.54) is 5.56 Å². The van der Waals surface area contributed by atoms with Crippen molar-refractivity contribution >= 4 is 17.3 Å². The largest absolute Gasteiger partial charge is 0.496 e. The average Bonchev–Trinajstić information content (AvgIpc) is 2.61. The summed E-state index contributed by atoms with van der Waals surface area (Å²) in [6, 6.07) is 12.1. The minimum atomic E-state index is 0.792. The molecule has 2 N–H and O–H groups in total. The maximum atomic E-state index is 6.36. The van der Waals surface area contributed by atoms with Crippen LogP contribution < -0.4 is 10.1 Å². The van der Waals surface area contributed by atoms with E-state index >= 15 is 0 Å².